The summed E-state index contributed by atoms with van der Waals surface area (Å²) in [7, 11) is 0. The van der Waals surface area contributed by atoms with Crippen molar-refractivity contribution in [2.75, 3.05) is 24.5 Å². The fourth-order valence-electron chi connectivity index (χ4n) is 3.80. The van der Waals surface area contributed by atoms with Crippen molar-refractivity contribution in [3.8, 4) is 0 Å². The minimum absolute atomic E-state index is 0.247. The van der Waals surface area contributed by atoms with Gasteiger partial charge in [-0.25, -0.2) is 0 Å². The van der Waals surface area contributed by atoms with Crippen molar-refractivity contribution in [2.24, 2.45) is 15.9 Å². The number of nitrogens with zero attached hydrogens (tertiary/aromatic N) is 3. The molecule has 1 aromatic rings. The molecule has 0 bridgehead atoms. The number of allylic oxidation sites excluding steroid dienone is 6. The summed E-state index contributed by atoms with van der Waals surface area (Å²) in [5, 5.41) is 0. The molecule has 0 radical (unpaired) electrons. The third-order valence-electron chi connectivity index (χ3n) is 5.11. The van der Waals surface area contributed by atoms with Crippen molar-refractivity contribution < 1.29 is 0 Å². The molecule has 4 rings (SSSR count). The molecule has 26 heavy (non-hydrogen) atoms. The molecular formula is C22H25N3S. The quantitative estimate of drug-likeness (QED) is 0.654. The Kier molecular flexibility index (Phi) is 4.86. The van der Waals surface area contributed by atoms with Crippen molar-refractivity contribution in [1.29, 1.82) is 0 Å². The van der Waals surface area contributed by atoms with E-state index in [9.17, 15) is 0 Å². The van der Waals surface area contributed by atoms with Crippen LogP contribution in [0.15, 0.2) is 67.9 Å². The molecule has 1 atom stereocenters. The van der Waals surface area contributed by atoms with Crippen LogP contribution >= 0.6 is 11.8 Å². The van der Waals surface area contributed by atoms with Crippen LogP contribution in [0.4, 0.5) is 11.4 Å². The second kappa shape index (κ2) is 7.28. The van der Waals surface area contributed by atoms with E-state index in [0.717, 1.165) is 37.5 Å². The highest BCUT2D eigenvalue weighted by molar-refractivity contribution is 8.04. The van der Waals surface area contributed by atoms with E-state index in [2.05, 4.69) is 68.2 Å². The monoisotopic (exact) mass is 363 g/mol. The first-order chi connectivity index (χ1) is 12.7. The summed E-state index contributed by atoms with van der Waals surface area (Å²) >= 11 is 1.84. The zero-order chi connectivity index (χ0) is 18.1. The van der Waals surface area contributed by atoms with Crippen molar-refractivity contribution in [3.05, 3.63) is 53.0 Å². The lowest BCUT2D eigenvalue weighted by Gasteiger charge is -2.31. The minimum atomic E-state index is 0.247. The molecule has 0 spiro atoms. The van der Waals surface area contributed by atoms with Crippen LogP contribution in [0.5, 0.6) is 0 Å². The Morgan fingerprint density at radius 2 is 2.08 bits per heavy atom. The lowest BCUT2D eigenvalue weighted by molar-refractivity contribution is 0.864. The normalized spacial score (nSPS) is 22.0. The van der Waals surface area contributed by atoms with E-state index in [1.54, 1.807) is 0 Å². The molecule has 1 unspecified atom stereocenters. The van der Waals surface area contributed by atoms with Gasteiger partial charge in [-0.05, 0) is 57.0 Å². The number of fused-ring (bicyclic) bond motifs is 4. The largest absolute Gasteiger partial charge is 0.372 e. The molecule has 2 aliphatic carbocycles. The van der Waals surface area contributed by atoms with Crippen LogP contribution in [0.1, 0.15) is 27.2 Å². The van der Waals surface area contributed by atoms with Gasteiger partial charge < -0.3 is 4.90 Å². The van der Waals surface area contributed by atoms with Crippen molar-refractivity contribution in [3.63, 3.8) is 0 Å². The summed E-state index contributed by atoms with van der Waals surface area (Å²) in [6.45, 7) is 9.35. The highest BCUT2D eigenvalue weighted by Crippen LogP contribution is 2.46. The Labute approximate surface area is 160 Å². The highest BCUT2D eigenvalue weighted by Gasteiger charge is 2.33. The lowest BCUT2D eigenvalue weighted by Crippen LogP contribution is -2.28. The van der Waals surface area contributed by atoms with Gasteiger partial charge in [-0.1, -0.05) is 30.0 Å². The van der Waals surface area contributed by atoms with E-state index < -0.39 is 0 Å². The van der Waals surface area contributed by atoms with Crippen molar-refractivity contribution in [2.45, 2.75) is 32.1 Å². The summed E-state index contributed by atoms with van der Waals surface area (Å²) in [5.74, 6) is 0.247. The van der Waals surface area contributed by atoms with Crippen LogP contribution in [-0.4, -0.2) is 31.1 Å². The summed E-state index contributed by atoms with van der Waals surface area (Å²) in [4.78, 5) is 14.7. The van der Waals surface area contributed by atoms with E-state index in [-0.39, 0.29) is 5.92 Å². The Bertz CT molecular complexity index is 869. The zero-order valence-electron chi connectivity index (χ0n) is 15.7. The van der Waals surface area contributed by atoms with Crippen LogP contribution in [0, 0.1) is 5.92 Å². The fraction of sp³-hybridized carbons (Fsp3) is 0.364. The number of hydrogen-bond donors (Lipinski definition) is 0. The highest BCUT2D eigenvalue weighted by atomic mass is 32.2. The number of thioether (sulfide) groups is 1. The van der Waals surface area contributed by atoms with Gasteiger partial charge in [0, 0.05) is 41.0 Å². The van der Waals surface area contributed by atoms with Gasteiger partial charge in [0.25, 0.3) is 0 Å². The number of benzene rings is 1. The Morgan fingerprint density at radius 1 is 1.23 bits per heavy atom. The van der Waals surface area contributed by atoms with Gasteiger partial charge >= 0.3 is 0 Å². The number of anilines is 1. The van der Waals surface area contributed by atoms with Gasteiger partial charge in [0.05, 0.1) is 17.1 Å². The van der Waals surface area contributed by atoms with Crippen molar-refractivity contribution in [1.82, 2.24) is 0 Å². The van der Waals surface area contributed by atoms with Gasteiger partial charge in [-0.3, -0.25) is 9.98 Å². The number of hydrogen-bond acceptors (Lipinski definition) is 4. The maximum Gasteiger partial charge on any atom is 0.0774 e. The average Bonchev–Trinajstić information content (AvgIpc) is 2.68. The molecular weight excluding hydrogens is 338 g/mol. The van der Waals surface area contributed by atoms with E-state index in [1.165, 1.54) is 26.8 Å². The number of rotatable bonds is 4. The molecule has 0 fully saturated rings. The van der Waals surface area contributed by atoms with Crippen LogP contribution in [0.25, 0.3) is 0 Å². The van der Waals surface area contributed by atoms with E-state index in [4.69, 9.17) is 9.98 Å². The van der Waals surface area contributed by atoms with E-state index in [0.29, 0.717) is 0 Å². The maximum absolute atomic E-state index is 5.06. The summed E-state index contributed by atoms with van der Waals surface area (Å²) < 4.78 is 0. The lowest BCUT2D eigenvalue weighted by atomic mass is 9.82. The molecule has 1 aliphatic heterocycles. The van der Waals surface area contributed by atoms with Gasteiger partial charge in [0.2, 0.25) is 0 Å². The van der Waals surface area contributed by atoms with Crippen molar-refractivity contribution >= 4 is 34.6 Å². The average molecular weight is 364 g/mol. The minimum Gasteiger partial charge on any atom is -0.372 e. The zero-order valence-corrected chi connectivity index (χ0v) is 16.5. The molecule has 0 saturated carbocycles. The third kappa shape index (κ3) is 2.96. The number of aliphatic imine (C=N–C) groups is 2. The summed E-state index contributed by atoms with van der Waals surface area (Å²) in [6.07, 6.45) is 10.1. The second-order valence-electron chi connectivity index (χ2n) is 6.59. The first kappa shape index (κ1) is 17.3. The van der Waals surface area contributed by atoms with Crippen LogP contribution in [-0.2, 0) is 0 Å². The predicted octanol–water partition coefficient (Wildman–Crippen LogP) is 5.57. The molecule has 3 nitrogen and oxygen atoms in total. The SMILES string of the molecule is CCN=C1C=C2Sc3cc(N(CC)CC)ccc3N=C2C2C=CCC=C12. The molecule has 1 aromatic carbocycles. The Balaban J connectivity index is 1.79. The molecule has 1 heterocycles. The molecule has 134 valence electrons. The maximum atomic E-state index is 5.06. The smallest absolute Gasteiger partial charge is 0.0774 e. The van der Waals surface area contributed by atoms with Crippen LogP contribution < -0.4 is 4.90 Å². The van der Waals surface area contributed by atoms with E-state index >= 15 is 0 Å². The first-order valence-corrected chi connectivity index (χ1v) is 10.4. The fourth-order valence-corrected chi connectivity index (χ4v) is 4.88. The second-order valence-corrected chi connectivity index (χ2v) is 7.68. The van der Waals surface area contributed by atoms with Crippen LogP contribution in [0.2, 0.25) is 0 Å². The van der Waals surface area contributed by atoms with Gasteiger partial charge in [-0.15, -0.1) is 0 Å². The van der Waals surface area contributed by atoms with E-state index in [1.807, 2.05) is 11.8 Å². The molecule has 4 heteroatoms. The van der Waals surface area contributed by atoms with Gasteiger partial charge in [-0.2, -0.15) is 0 Å². The molecule has 0 aromatic heterocycles. The third-order valence-corrected chi connectivity index (χ3v) is 6.20. The van der Waals surface area contributed by atoms with Gasteiger partial charge in [0.15, 0.2) is 0 Å². The standard InChI is InChI=1S/C22H25N3S/c1-4-23-19-14-21-22(17-10-8-7-9-16(17)19)24-18-12-11-15(13-20(18)26-21)25(5-2)6-3/h8-14,17H,4-7H2,1-3H3. The molecule has 0 saturated heterocycles. The Hall–Kier alpha value is -2.07. The summed E-state index contributed by atoms with van der Waals surface area (Å²) in [6, 6.07) is 6.66. The first-order valence-electron chi connectivity index (χ1n) is 9.54. The Morgan fingerprint density at radius 3 is 2.85 bits per heavy atom. The molecule has 0 amide bonds. The molecule has 3 aliphatic rings. The van der Waals surface area contributed by atoms with Gasteiger partial charge in [0.1, 0.15) is 0 Å². The predicted molar refractivity (Wildman–Crippen MR) is 114 cm³/mol. The van der Waals surface area contributed by atoms with Crippen LogP contribution in [0.3, 0.4) is 0 Å². The topological polar surface area (TPSA) is 28.0 Å². The molecule has 0 N–H and O–H groups in total. The summed E-state index contributed by atoms with van der Waals surface area (Å²) in [5.41, 5.74) is 5.99.